The fourth-order valence-corrected chi connectivity index (χ4v) is 5.27. The molecular weight excluding hydrogens is 454 g/mol. The molecule has 0 saturated heterocycles. The lowest BCUT2D eigenvalue weighted by Crippen LogP contribution is -2.43. The van der Waals surface area contributed by atoms with Crippen LogP contribution in [0.25, 0.3) is 10.9 Å². The molecule has 5 rings (SSSR count). The van der Waals surface area contributed by atoms with Gasteiger partial charge in [0.1, 0.15) is 25.0 Å². The van der Waals surface area contributed by atoms with E-state index in [0.29, 0.717) is 37.4 Å². The first-order valence-corrected chi connectivity index (χ1v) is 12.7. The van der Waals surface area contributed by atoms with Crippen LogP contribution in [0.1, 0.15) is 42.5 Å². The van der Waals surface area contributed by atoms with Crippen LogP contribution >= 0.6 is 0 Å². The number of ether oxygens (including phenoxy) is 3. The third kappa shape index (κ3) is 5.38. The number of methoxy groups -OCH3 is 1. The summed E-state index contributed by atoms with van der Waals surface area (Å²) in [6.07, 6.45) is 8.89. The van der Waals surface area contributed by atoms with Crippen LogP contribution in [0.4, 0.5) is 0 Å². The Morgan fingerprint density at radius 2 is 2.00 bits per heavy atom. The molecule has 1 aromatic carbocycles. The number of hydrogen-bond acceptors (Lipinski definition) is 8. The quantitative estimate of drug-likeness (QED) is 0.512. The molecule has 2 aliphatic rings. The molecule has 0 spiro atoms. The van der Waals surface area contributed by atoms with Crippen LogP contribution in [0, 0.1) is 11.3 Å². The molecule has 2 aromatic heterocycles. The van der Waals surface area contributed by atoms with E-state index in [-0.39, 0.29) is 0 Å². The Morgan fingerprint density at radius 1 is 1.14 bits per heavy atom. The number of aromatic nitrogens is 2. The van der Waals surface area contributed by atoms with Crippen molar-refractivity contribution in [3.05, 3.63) is 53.5 Å². The Morgan fingerprint density at radius 3 is 2.83 bits per heavy atom. The average Bonchev–Trinajstić information content (AvgIpc) is 2.94. The van der Waals surface area contributed by atoms with Gasteiger partial charge in [0, 0.05) is 42.8 Å². The highest BCUT2D eigenvalue weighted by molar-refractivity contribution is 5.85. The molecule has 2 unspecified atom stereocenters. The van der Waals surface area contributed by atoms with Crippen molar-refractivity contribution in [3.8, 4) is 23.3 Å². The highest BCUT2D eigenvalue weighted by atomic mass is 16.6. The van der Waals surface area contributed by atoms with E-state index >= 15 is 0 Å². The third-order valence-corrected chi connectivity index (χ3v) is 7.35. The first-order chi connectivity index (χ1) is 17.6. The Bertz CT molecular complexity index is 1260. The maximum absolute atomic E-state index is 9.71. The fourth-order valence-electron chi connectivity index (χ4n) is 5.27. The summed E-state index contributed by atoms with van der Waals surface area (Å²) in [6, 6.07) is 11.1. The molecule has 0 radical (unpaired) electrons. The molecular formula is C28H33N5O3. The van der Waals surface area contributed by atoms with Gasteiger partial charge in [0.15, 0.2) is 11.5 Å². The topological polar surface area (TPSA) is 92.5 Å². The second-order valence-electron chi connectivity index (χ2n) is 9.59. The van der Waals surface area contributed by atoms with Gasteiger partial charge in [-0.25, -0.2) is 0 Å². The Balaban J connectivity index is 1.20. The maximum Gasteiger partial charge on any atom is 0.179 e. The number of nitrogens with zero attached hydrogens (tertiary/aromatic N) is 4. The van der Waals surface area contributed by atoms with Crippen molar-refractivity contribution in [1.82, 2.24) is 20.2 Å². The molecule has 1 saturated carbocycles. The normalized spacial score (nSPS) is 19.3. The predicted molar refractivity (Wildman–Crippen MR) is 137 cm³/mol. The van der Waals surface area contributed by atoms with Crippen molar-refractivity contribution in [2.45, 2.75) is 50.7 Å². The molecule has 36 heavy (non-hydrogen) atoms. The van der Waals surface area contributed by atoms with E-state index in [1.165, 1.54) is 19.3 Å². The zero-order valence-electron chi connectivity index (χ0n) is 21.0. The first kappa shape index (κ1) is 24.3. The lowest BCUT2D eigenvalue weighted by Gasteiger charge is -2.36. The molecule has 2 atom stereocenters. The Labute approximate surface area is 212 Å². The van der Waals surface area contributed by atoms with Crippen LogP contribution in [-0.2, 0) is 13.0 Å². The number of nitrogens with one attached hydrogen (secondary N) is 1. The van der Waals surface area contributed by atoms with E-state index in [1.807, 2.05) is 24.3 Å². The third-order valence-electron chi connectivity index (χ3n) is 7.35. The summed E-state index contributed by atoms with van der Waals surface area (Å²) in [5.74, 6) is 2.29. The summed E-state index contributed by atoms with van der Waals surface area (Å²) in [6.45, 7) is 2.76. The number of hydrogen-bond donors (Lipinski definition) is 1. The number of rotatable bonds is 8. The van der Waals surface area contributed by atoms with Crippen molar-refractivity contribution >= 4 is 10.9 Å². The number of benzene rings is 1. The van der Waals surface area contributed by atoms with Gasteiger partial charge >= 0.3 is 0 Å². The average molecular weight is 488 g/mol. The van der Waals surface area contributed by atoms with E-state index < -0.39 is 0 Å². The minimum Gasteiger partial charge on any atom is -0.497 e. The predicted octanol–water partition coefficient (Wildman–Crippen LogP) is 3.86. The minimum atomic E-state index is 0.446. The van der Waals surface area contributed by atoms with Gasteiger partial charge in [0.25, 0.3) is 0 Å². The molecule has 3 aromatic rings. The van der Waals surface area contributed by atoms with E-state index in [9.17, 15) is 5.26 Å². The molecule has 8 heteroatoms. The van der Waals surface area contributed by atoms with Crippen LogP contribution in [-0.4, -0.2) is 60.9 Å². The smallest absolute Gasteiger partial charge is 0.179 e. The standard InChI is InChI=1S/C28H33N5O3/c1-33(9-8-24-19(15-29)16-32-26-7-6-23(34-2)14-25(24)26)22-5-3-4-20(12-22)30-17-21-13-27-28(18-31-21)36-11-10-35-27/h6-7,13-14,16,18,20,22,30H,3-5,8-12,17H2,1-2H3. The van der Waals surface area contributed by atoms with Crippen LogP contribution in [0.3, 0.4) is 0 Å². The van der Waals surface area contributed by atoms with Crippen molar-refractivity contribution in [2.24, 2.45) is 0 Å². The van der Waals surface area contributed by atoms with Gasteiger partial charge in [0.05, 0.1) is 30.1 Å². The van der Waals surface area contributed by atoms with Gasteiger partial charge in [-0.05, 0) is 56.5 Å². The Hall–Kier alpha value is -3.41. The van der Waals surface area contributed by atoms with E-state index in [1.54, 1.807) is 19.5 Å². The van der Waals surface area contributed by atoms with Gasteiger partial charge in [0.2, 0.25) is 0 Å². The maximum atomic E-state index is 9.71. The van der Waals surface area contributed by atoms with Gasteiger partial charge in [-0.2, -0.15) is 5.26 Å². The molecule has 8 nitrogen and oxygen atoms in total. The largest absolute Gasteiger partial charge is 0.497 e. The molecule has 1 aliphatic carbocycles. The van der Waals surface area contributed by atoms with Crippen molar-refractivity contribution in [3.63, 3.8) is 0 Å². The van der Waals surface area contributed by atoms with Crippen LogP contribution in [0.5, 0.6) is 17.2 Å². The lowest BCUT2D eigenvalue weighted by molar-refractivity contribution is 0.168. The summed E-state index contributed by atoms with van der Waals surface area (Å²) in [5.41, 5.74) is 3.54. The monoisotopic (exact) mass is 487 g/mol. The first-order valence-electron chi connectivity index (χ1n) is 12.7. The van der Waals surface area contributed by atoms with E-state index in [0.717, 1.165) is 58.8 Å². The minimum absolute atomic E-state index is 0.446. The van der Waals surface area contributed by atoms with E-state index in [2.05, 4.69) is 33.3 Å². The number of pyridine rings is 2. The number of likely N-dealkylation sites (N-methyl/N-ethyl adjacent to an activating group) is 1. The number of nitriles is 1. The second kappa shape index (κ2) is 11.1. The highest BCUT2D eigenvalue weighted by Crippen LogP contribution is 2.30. The zero-order chi connectivity index (χ0) is 24.9. The van der Waals surface area contributed by atoms with Crippen molar-refractivity contribution < 1.29 is 14.2 Å². The summed E-state index contributed by atoms with van der Waals surface area (Å²) in [5, 5.41) is 14.4. The SMILES string of the molecule is COc1ccc2ncc(C#N)c(CCN(C)C3CCCC(NCc4cc5c(cn4)OCCO5)C3)c2c1. The summed E-state index contributed by atoms with van der Waals surface area (Å²) in [7, 11) is 3.86. The van der Waals surface area contributed by atoms with Gasteiger partial charge in [-0.1, -0.05) is 6.42 Å². The molecule has 3 heterocycles. The van der Waals surface area contributed by atoms with Crippen LogP contribution in [0.15, 0.2) is 36.7 Å². The number of fused-ring (bicyclic) bond motifs is 2. The highest BCUT2D eigenvalue weighted by Gasteiger charge is 2.25. The Kier molecular flexibility index (Phi) is 7.49. The van der Waals surface area contributed by atoms with E-state index in [4.69, 9.17) is 14.2 Å². The summed E-state index contributed by atoms with van der Waals surface area (Å²) >= 11 is 0. The molecule has 1 fully saturated rings. The zero-order valence-corrected chi connectivity index (χ0v) is 21.0. The van der Waals surface area contributed by atoms with Crippen molar-refractivity contribution in [2.75, 3.05) is 33.9 Å². The molecule has 1 N–H and O–H groups in total. The molecule has 0 bridgehead atoms. The van der Waals surface area contributed by atoms with Gasteiger partial charge in [-0.15, -0.1) is 0 Å². The van der Waals surface area contributed by atoms with Crippen LogP contribution in [0.2, 0.25) is 0 Å². The van der Waals surface area contributed by atoms with Crippen molar-refractivity contribution in [1.29, 1.82) is 5.26 Å². The second-order valence-corrected chi connectivity index (χ2v) is 9.59. The molecule has 188 valence electrons. The summed E-state index contributed by atoms with van der Waals surface area (Å²) < 4.78 is 16.7. The lowest BCUT2D eigenvalue weighted by atomic mass is 9.89. The molecule has 1 aliphatic heterocycles. The van der Waals surface area contributed by atoms with Gasteiger partial charge in [-0.3, -0.25) is 9.97 Å². The summed E-state index contributed by atoms with van der Waals surface area (Å²) in [4.78, 5) is 11.4. The van der Waals surface area contributed by atoms with Gasteiger partial charge < -0.3 is 24.4 Å². The molecule has 0 amide bonds. The fraction of sp³-hybridized carbons (Fsp3) is 0.464. The van der Waals surface area contributed by atoms with Crippen LogP contribution < -0.4 is 19.5 Å².